The largest absolute Gasteiger partial charge is 0.370 e. The maximum absolute atomic E-state index is 5.91. The fourth-order valence-corrected chi connectivity index (χ4v) is 3.09. The van der Waals surface area contributed by atoms with E-state index < -0.39 is 0 Å². The van der Waals surface area contributed by atoms with E-state index in [0.29, 0.717) is 18.3 Å². The Morgan fingerprint density at radius 1 is 1.29 bits per heavy atom. The highest BCUT2D eigenvalue weighted by Gasteiger charge is 2.40. The van der Waals surface area contributed by atoms with E-state index in [1.165, 1.54) is 0 Å². The van der Waals surface area contributed by atoms with Gasteiger partial charge in [-0.25, -0.2) is 0 Å². The summed E-state index contributed by atoms with van der Waals surface area (Å²) in [6.45, 7) is 0.436. The summed E-state index contributed by atoms with van der Waals surface area (Å²) in [5.74, 6) is 1.16. The predicted octanol–water partition coefficient (Wildman–Crippen LogP) is 2.58. The number of rotatable bonds is 5. The molecule has 1 aromatic carbocycles. The molecule has 21 heavy (non-hydrogen) atoms. The van der Waals surface area contributed by atoms with Crippen molar-refractivity contribution in [3.8, 4) is 0 Å². The lowest BCUT2D eigenvalue weighted by Gasteiger charge is -2.22. The number of benzene rings is 1. The number of aromatic nitrogens is 2. The van der Waals surface area contributed by atoms with Gasteiger partial charge in [-0.3, -0.25) is 0 Å². The second-order valence-corrected chi connectivity index (χ2v) is 5.56. The standard InChI is InChI=1S/C16H21N3O2/c1-20-16(9-5-6-10-16)15-18-14(21-19-15)13(11-17)12-7-3-2-4-8-12/h2-4,7-8,13H,5-6,9-11,17H2,1H3. The van der Waals surface area contributed by atoms with Crippen molar-refractivity contribution in [2.24, 2.45) is 5.73 Å². The lowest BCUT2D eigenvalue weighted by Crippen LogP contribution is -2.26. The second kappa shape index (κ2) is 5.95. The summed E-state index contributed by atoms with van der Waals surface area (Å²) < 4.78 is 11.2. The summed E-state index contributed by atoms with van der Waals surface area (Å²) >= 11 is 0. The van der Waals surface area contributed by atoms with Crippen molar-refractivity contribution < 1.29 is 9.26 Å². The smallest absolute Gasteiger partial charge is 0.235 e. The molecule has 5 heteroatoms. The van der Waals surface area contributed by atoms with Crippen molar-refractivity contribution in [1.82, 2.24) is 10.1 Å². The van der Waals surface area contributed by atoms with Gasteiger partial charge < -0.3 is 15.0 Å². The van der Waals surface area contributed by atoms with Crippen molar-refractivity contribution in [1.29, 1.82) is 0 Å². The van der Waals surface area contributed by atoms with Crippen LogP contribution < -0.4 is 5.73 Å². The van der Waals surface area contributed by atoms with E-state index in [1.807, 2.05) is 30.3 Å². The van der Waals surface area contributed by atoms with Crippen LogP contribution in [0.25, 0.3) is 0 Å². The molecule has 0 spiro atoms. The Morgan fingerprint density at radius 2 is 2.00 bits per heavy atom. The molecule has 1 aliphatic rings. The molecule has 1 atom stereocenters. The molecule has 1 aromatic heterocycles. The molecule has 3 rings (SSSR count). The summed E-state index contributed by atoms with van der Waals surface area (Å²) in [6.07, 6.45) is 4.16. The molecule has 1 fully saturated rings. The summed E-state index contributed by atoms with van der Waals surface area (Å²) in [7, 11) is 1.72. The molecule has 1 unspecified atom stereocenters. The zero-order valence-electron chi connectivity index (χ0n) is 12.3. The Kier molecular flexibility index (Phi) is 4.03. The Labute approximate surface area is 124 Å². The number of nitrogens with two attached hydrogens (primary N) is 1. The Morgan fingerprint density at radius 3 is 2.62 bits per heavy atom. The van der Waals surface area contributed by atoms with Crippen molar-refractivity contribution in [3.63, 3.8) is 0 Å². The first kappa shape index (κ1) is 14.2. The van der Waals surface area contributed by atoms with E-state index in [4.69, 9.17) is 15.0 Å². The fourth-order valence-electron chi connectivity index (χ4n) is 3.09. The van der Waals surface area contributed by atoms with E-state index in [9.17, 15) is 0 Å². The minimum Gasteiger partial charge on any atom is -0.370 e. The Bertz CT molecular complexity index is 576. The molecule has 1 heterocycles. The van der Waals surface area contributed by atoms with Gasteiger partial charge in [0.05, 0.1) is 5.92 Å². The monoisotopic (exact) mass is 287 g/mol. The summed E-state index contributed by atoms with van der Waals surface area (Å²) in [5, 5.41) is 4.17. The molecule has 0 aliphatic heterocycles. The lowest BCUT2D eigenvalue weighted by atomic mass is 9.98. The minimum absolute atomic E-state index is 0.0669. The third kappa shape index (κ3) is 2.59. The number of ether oxygens (including phenoxy) is 1. The maximum atomic E-state index is 5.91. The summed E-state index contributed by atoms with van der Waals surface area (Å²) in [6, 6.07) is 10.0. The SMILES string of the molecule is COC1(c2noc(C(CN)c3ccccc3)n2)CCCC1. The van der Waals surface area contributed by atoms with Gasteiger partial charge in [0.2, 0.25) is 11.7 Å². The topological polar surface area (TPSA) is 74.2 Å². The average molecular weight is 287 g/mol. The molecule has 1 saturated carbocycles. The molecular formula is C16H21N3O2. The average Bonchev–Trinajstić information content (AvgIpc) is 3.19. The molecule has 0 radical (unpaired) electrons. The molecular weight excluding hydrogens is 266 g/mol. The summed E-state index contributed by atoms with van der Waals surface area (Å²) in [4.78, 5) is 4.60. The Balaban J connectivity index is 1.90. The molecule has 5 nitrogen and oxygen atoms in total. The number of hydrogen-bond acceptors (Lipinski definition) is 5. The van der Waals surface area contributed by atoms with Crippen LogP contribution in [0.4, 0.5) is 0 Å². The molecule has 2 N–H and O–H groups in total. The van der Waals surface area contributed by atoms with Gasteiger partial charge in [0, 0.05) is 13.7 Å². The highest BCUT2D eigenvalue weighted by molar-refractivity contribution is 5.25. The quantitative estimate of drug-likeness (QED) is 0.915. The number of methoxy groups -OCH3 is 1. The van der Waals surface area contributed by atoms with E-state index in [1.54, 1.807) is 7.11 Å². The zero-order valence-corrected chi connectivity index (χ0v) is 12.3. The van der Waals surface area contributed by atoms with Crippen molar-refractivity contribution >= 4 is 0 Å². The van der Waals surface area contributed by atoms with Gasteiger partial charge in [0.15, 0.2) is 0 Å². The van der Waals surface area contributed by atoms with Crippen molar-refractivity contribution in [2.75, 3.05) is 13.7 Å². The van der Waals surface area contributed by atoms with Crippen LogP contribution >= 0.6 is 0 Å². The highest BCUT2D eigenvalue weighted by atomic mass is 16.5. The zero-order chi connectivity index (χ0) is 14.7. The number of nitrogens with zero attached hydrogens (tertiary/aromatic N) is 2. The van der Waals surface area contributed by atoms with Gasteiger partial charge >= 0.3 is 0 Å². The first-order valence-electron chi connectivity index (χ1n) is 7.43. The normalized spacial score (nSPS) is 18.8. The number of hydrogen-bond donors (Lipinski definition) is 1. The minimum atomic E-state index is -0.377. The molecule has 112 valence electrons. The molecule has 0 bridgehead atoms. The molecule has 0 amide bonds. The van der Waals surface area contributed by atoms with Crippen LogP contribution in [0.5, 0.6) is 0 Å². The first-order valence-corrected chi connectivity index (χ1v) is 7.43. The van der Waals surface area contributed by atoms with Crippen LogP contribution in [0.1, 0.15) is 48.9 Å². The molecule has 0 saturated heterocycles. The van der Waals surface area contributed by atoms with Crippen LogP contribution in [0.3, 0.4) is 0 Å². The van der Waals surface area contributed by atoms with Gasteiger partial charge in [-0.15, -0.1) is 0 Å². The van der Waals surface area contributed by atoms with Crippen LogP contribution in [0.2, 0.25) is 0 Å². The molecule has 1 aliphatic carbocycles. The van der Waals surface area contributed by atoms with Gasteiger partial charge in [-0.2, -0.15) is 4.98 Å². The maximum Gasteiger partial charge on any atom is 0.235 e. The third-order valence-electron chi connectivity index (χ3n) is 4.39. The lowest BCUT2D eigenvalue weighted by molar-refractivity contribution is -0.0178. The van der Waals surface area contributed by atoms with Gasteiger partial charge in [-0.05, 0) is 31.2 Å². The fraction of sp³-hybridized carbons (Fsp3) is 0.500. The highest BCUT2D eigenvalue weighted by Crippen LogP contribution is 2.40. The molecule has 2 aromatic rings. The van der Waals surface area contributed by atoms with Crippen LogP contribution in [0, 0.1) is 0 Å². The van der Waals surface area contributed by atoms with Crippen LogP contribution in [-0.2, 0) is 10.3 Å². The first-order chi connectivity index (χ1) is 10.3. The van der Waals surface area contributed by atoms with E-state index in [-0.39, 0.29) is 11.5 Å². The predicted molar refractivity (Wildman–Crippen MR) is 78.8 cm³/mol. The van der Waals surface area contributed by atoms with Gasteiger partial charge in [-0.1, -0.05) is 35.5 Å². The van der Waals surface area contributed by atoms with E-state index >= 15 is 0 Å². The van der Waals surface area contributed by atoms with Gasteiger partial charge in [0.25, 0.3) is 0 Å². The van der Waals surface area contributed by atoms with Crippen molar-refractivity contribution in [3.05, 3.63) is 47.6 Å². The third-order valence-corrected chi connectivity index (χ3v) is 4.39. The van der Waals surface area contributed by atoms with Crippen LogP contribution in [-0.4, -0.2) is 23.8 Å². The van der Waals surface area contributed by atoms with Gasteiger partial charge in [0.1, 0.15) is 5.60 Å². The van der Waals surface area contributed by atoms with Crippen LogP contribution in [0.15, 0.2) is 34.9 Å². The van der Waals surface area contributed by atoms with E-state index in [0.717, 1.165) is 31.2 Å². The van der Waals surface area contributed by atoms with Crippen molar-refractivity contribution in [2.45, 2.75) is 37.2 Å². The van der Waals surface area contributed by atoms with E-state index in [2.05, 4.69) is 10.1 Å². The Hall–Kier alpha value is -1.72. The summed E-state index contributed by atoms with van der Waals surface area (Å²) in [5.41, 5.74) is 6.62. The second-order valence-electron chi connectivity index (χ2n) is 5.56.